The molecule has 8 heteroatoms. The molecule has 0 spiro atoms. The highest BCUT2D eigenvalue weighted by atomic mass is 32.2. The van der Waals surface area contributed by atoms with Gasteiger partial charge in [0.2, 0.25) is 10.0 Å². The number of aromatic amines is 1. The molecule has 21 heavy (non-hydrogen) atoms. The molecule has 0 radical (unpaired) electrons. The molecule has 0 amide bonds. The third-order valence-corrected chi connectivity index (χ3v) is 4.87. The number of nitrogens with zero attached hydrogens (tertiary/aromatic N) is 2. The first-order valence-corrected chi connectivity index (χ1v) is 7.55. The van der Waals surface area contributed by atoms with Gasteiger partial charge in [0.15, 0.2) is 0 Å². The Labute approximate surface area is 122 Å². The number of hydrogen-bond acceptors (Lipinski definition) is 4. The maximum absolute atomic E-state index is 12.4. The van der Waals surface area contributed by atoms with Crippen LogP contribution in [0, 0.1) is 6.92 Å². The molecule has 2 N–H and O–H groups in total. The van der Waals surface area contributed by atoms with Gasteiger partial charge in [-0.15, -0.1) is 0 Å². The van der Waals surface area contributed by atoms with Crippen LogP contribution in [-0.2, 0) is 16.6 Å². The third-order valence-electron chi connectivity index (χ3n) is 3.07. The summed E-state index contributed by atoms with van der Waals surface area (Å²) in [6.45, 7) is 1.69. The molecule has 0 aliphatic heterocycles. The Bertz CT molecular complexity index is 754. The molecule has 0 unspecified atom stereocenters. The third kappa shape index (κ3) is 3.11. The SMILES string of the molecule is Cc1ccc(S(=O)(=O)N(C)Cc2ncc[nH]2)cc1C(=O)O. The molecule has 0 fully saturated rings. The average Bonchev–Trinajstić information content (AvgIpc) is 2.91. The lowest BCUT2D eigenvalue weighted by molar-refractivity contribution is 0.0696. The van der Waals surface area contributed by atoms with Gasteiger partial charge in [0, 0.05) is 19.4 Å². The molecular formula is C13H15N3O4S. The summed E-state index contributed by atoms with van der Waals surface area (Å²) in [6, 6.07) is 4.05. The normalized spacial score (nSPS) is 11.8. The number of aromatic nitrogens is 2. The largest absolute Gasteiger partial charge is 0.478 e. The number of hydrogen-bond donors (Lipinski definition) is 2. The fourth-order valence-corrected chi connectivity index (χ4v) is 3.01. The number of aryl methyl sites for hydroxylation is 1. The highest BCUT2D eigenvalue weighted by Gasteiger charge is 2.23. The van der Waals surface area contributed by atoms with E-state index in [1.54, 1.807) is 13.1 Å². The summed E-state index contributed by atoms with van der Waals surface area (Å²) in [4.78, 5) is 17.8. The molecule has 1 aromatic carbocycles. The van der Waals surface area contributed by atoms with Crippen LogP contribution in [0.2, 0.25) is 0 Å². The van der Waals surface area contributed by atoms with E-state index in [-0.39, 0.29) is 17.0 Å². The zero-order valence-corrected chi connectivity index (χ0v) is 12.4. The van der Waals surface area contributed by atoms with Gasteiger partial charge in [0.05, 0.1) is 17.0 Å². The Morgan fingerprint density at radius 2 is 2.14 bits per heavy atom. The van der Waals surface area contributed by atoms with Crippen molar-refractivity contribution in [2.75, 3.05) is 7.05 Å². The van der Waals surface area contributed by atoms with Crippen molar-refractivity contribution in [3.63, 3.8) is 0 Å². The number of benzene rings is 1. The van der Waals surface area contributed by atoms with Crippen LogP contribution in [0.4, 0.5) is 0 Å². The van der Waals surface area contributed by atoms with Crippen molar-refractivity contribution in [3.8, 4) is 0 Å². The van der Waals surface area contributed by atoms with Crippen LogP contribution in [0.3, 0.4) is 0 Å². The van der Waals surface area contributed by atoms with Gasteiger partial charge in [-0.2, -0.15) is 4.31 Å². The maximum Gasteiger partial charge on any atom is 0.335 e. The number of carbonyl (C=O) groups is 1. The maximum atomic E-state index is 12.4. The van der Waals surface area contributed by atoms with Crippen molar-refractivity contribution in [2.24, 2.45) is 0 Å². The molecular weight excluding hydrogens is 294 g/mol. The van der Waals surface area contributed by atoms with Gasteiger partial charge in [0.1, 0.15) is 5.82 Å². The minimum Gasteiger partial charge on any atom is -0.478 e. The summed E-state index contributed by atoms with van der Waals surface area (Å²) >= 11 is 0. The van der Waals surface area contributed by atoms with Crippen LogP contribution in [0.25, 0.3) is 0 Å². The zero-order valence-electron chi connectivity index (χ0n) is 11.6. The second-order valence-electron chi connectivity index (χ2n) is 4.58. The first-order chi connectivity index (χ1) is 9.82. The summed E-state index contributed by atoms with van der Waals surface area (Å²) in [7, 11) is -2.36. The van der Waals surface area contributed by atoms with Crippen LogP contribution >= 0.6 is 0 Å². The number of nitrogens with one attached hydrogen (secondary N) is 1. The molecule has 0 saturated heterocycles. The number of imidazole rings is 1. The molecule has 0 aliphatic rings. The minimum absolute atomic E-state index is 0.0255. The molecule has 0 atom stereocenters. The fourth-order valence-electron chi connectivity index (χ4n) is 1.85. The number of H-pyrrole nitrogens is 1. The lowest BCUT2D eigenvalue weighted by Gasteiger charge is -2.16. The van der Waals surface area contributed by atoms with Crippen molar-refractivity contribution in [2.45, 2.75) is 18.4 Å². The van der Waals surface area contributed by atoms with E-state index in [1.165, 1.54) is 31.4 Å². The van der Waals surface area contributed by atoms with Gasteiger partial charge >= 0.3 is 5.97 Å². The molecule has 2 aromatic rings. The van der Waals surface area contributed by atoms with E-state index in [0.717, 1.165) is 4.31 Å². The Kier molecular flexibility index (Phi) is 4.10. The van der Waals surface area contributed by atoms with E-state index in [1.807, 2.05) is 0 Å². The van der Waals surface area contributed by atoms with Gasteiger partial charge in [-0.25, -0.2) is 18.2 Å². The van der Waals surface area contributed by atoms with Crippen LogP contribution < -0.4 is 0 Å². The standard InChI is InChI=1S/C13H15N3O4S/c1-9-3-4-10(7-11(9)13(17)18)21(19,20)16(2)8-12-14-5-6-15-12/h3-7H,8H2,1-2H3,(H,14,15)(H,17,18). The fraction of sp³-hybridized carbons (Fsp3) is 0.231. The van der Waals surface area contributed by atoms with Crippen molar-refractivity contribution >= 4 is 16.0 Å². The average molecular weight is 309 g/mol. The predicted octanol–water partition coefficient (Wildman–Crippen LogP) is 1.24. The minimum atomic E-state index is -3.78. The van der Waals surface area contributed by atoms with Crippen molar-refractivity contribution in [1.29, 1.82) is 0 Å². The van der Waals surface area contributed by atoms with E-state index in [9.17, 15) is 13.2 Å². The summed E-state index contributed by atoms with van der Waals surface area (Å²) in [6.07, 6.45) is 3.13. The van der Waals surface area contributed by atoms with Gasteiger partial charge in [-0.05, 0) is 24.6 Å². The number of sulfonamides is 1. The Morgan fingerprint density at radius 3 is 2.71 bits per heavy atom. The number of rotatable bonds is 5. The van der Waals surface area contributed by atoms with Crippen molar-refractivity contribution in [3.05, 3.63) is 47.5 Å². The Hall–Kier alpha value is -2.19. The summed E-state index contributed by atoms with van der Waals surface area (Å²) in [5, 5.41) is 9.08. The molecule has 0 bridgehead atoms. The predicted molar refractivity (Wildman–Crippen MR) is 75.4 cm³/mol. The van der Waals surface area contributed by atoms with Crippen LogP contribution in [0.5, 0.6) is 0 Å². The molecule has 1 aromatic heterocycles. The summed E-state index contributed by atoms with van der Waals surface area (Å²) in [5.74, 6) is -0.648. The number of carboxylic acid groups (broad SMARTS) is 1. The summed E-state index contributed by atoms with van der Waals surface area (Å²) in [5.41, 5.74) is 0.484. The second kappa shape index (κ2) is 5.66. The molecule has 2 rings (SSSR count). The van der Waals surface area contributed by atoms with Gasteiger partial charge < -0.3 is 10.1 Å². The first kappa shape index (κ1) is 15.2. The van der Waals surface area contributed by atoms with E-state index in [0.29, 0.717) is 11.4 Å². The topological polar surface area (TPSA) is 103 Å². The highest BCUT2D eigenvalue weighted by molar-refractivity contribution is 7.89. The molecule has 1 heterocycles. The second-order valence-corrected chi connectivity index (χ2v) is 6.62. The lowest BCUT2D eigenvalue weighted by Crippen LogP contribution is -2.27. The zero-order chi connectivity index (χ0) is 15.6. The van der Waals surface area contributed by atoms with Gasteiger partial charge in [-0.1, -0.05) is 6.07 Å². The van der Waals surface area contributed by atoms with E-state index < -0.39 is 16.0 Å². The van der Waals surface area contributed by atoms with Crippen LogP contribution in [0.1, 0.15) is 21.7 Å². The molecule has 112 valence electrons. The van der Waals surface area contributed by atoms with E-state index >= 15 is 0 Å². The monoisotopic (exact) mass is 309 g/mol. The highest BCUT2D eigenvalue weighted by Crippen LogP contribution is 2.19. The van der Waals surface area contributed by atoms with Crippen LogP contribution in [-0.4, -0.2) is 40.8 Å². The van der Waals surface area contributed by atoms with E-state index in [4.69, 9.17) is 5.11 Å². The molecule has 0 aliphatic carbocycles. The van der Waals surface area contributed by atoms with E-state index in [2.05, 4.69) is 9.97 Å². The molecule has 7 nitrogen and oxygen atoms in total. The quantitative estimate of drug-likeness (QED) is 0.864. The van der Waals surface area contributed by atoms with Gasteiger partial charge in [0.25, 0.3) is 0 Å². The molecule has 0 saturated carbocycles. The van der Waals surface area contributed by atoms with Crippen LogP contribution in [0.15, 0.2) is 35.5 Å². The number of aromatic carboxylic acids is 1. The first-order valence-electron chi connectivity index (χ1n) is 6.11. The Balaban J connectivity index is 2.35. The van der Waals surface area contributed by atoms with Crippen molar-refractivity contribution < 1.29 is 18.3 Å². The van der Waals surface area contributed by atoms with Crippen molar-refractivity contribution in [1.82, 2.24) is 14.3 Å². The Morgan fingerprint density at radius 1 is 1.43 bits per heavy atom. The smallest absolute Gasteiger partial charge is 0.335 e. The number of carboxylic acids is 1. The lowest BCUT2D eigenvalue weighted by atomic mass is 10.1. The van der Waals surface area contributed by atoms with Gasteiger partial charge in [-0.3, -0.25) is 0 Å². The summed E-state index contributed by atoms with van der Waals surface area (Å²) < 4.78 is 26.0.